The number of rotatable bonds is 29. The number of hydrogen-bond donors (Lipinski definition) is 8. The number of carbonyl (C=O) groups is 7. The Hall–Kier alpha value is -8.07. The van der Waals surface area contributed by atoms with Crippen molar-refractivity contribution in [2.75, 3.05) is 71.6 Å². The Morgan fingerprint density at radius 1 is 0.918 bits per heavy atom. The van der Waals surface area contributed by atoms with Gasteiger partial charge in [0.25, 0.3) is 5.56 Å². The normalized spacial score (nSPS) is 16.3. The summed E-state index contributed by atoms with van der Waals surface area (Å²) in [5.41, 5.74) is 13.2. The van der Waals surface area contributed by atoms with Gasteiger partial charge in [0, 0.05) is 54.9 Å². The summed E-state index contributed by atoms with van der Waals surface area (Å²) in [5, 5.41) is 25.6. The Bertz CT molecular complexity index is 3240. The second kappa shape index (κ2) is 29.2. The molecule has 2 aromatic heterocycles. The molecule has 25 nitrogen and oxygen atoms in total. The predicted molar refractivity (Wildman–Crippen MR) is 310 cm³/mol. The number of aromatic nitrogens is 2. The number of nitrogens with zero attached hydrogens (tertiary/aromatic N) is 4. The molecule has 2 aromatic carbocycles. The fourth-order valence-electron chi connectivity index (χ4n) is 10.3. The number of alkyl carbamates (subject to hydrolysis) is 1. The first-order chi connectivity index (χ1) is 40.5. The van der Waals surface area contributed by atoms with Crippen LogP contribution >= 0.6 is 0 Å². The number of benzene rings is 2. The summed E-state index contributed by atoms with van der Waals surface area (Å²) in [7, 11) is 1.37. The van der Waals surface area contributed by atoms with Crippen LogP contribution in [0.15, 0.2) is 46.2 Å². The van der Waals surface area contributed by atoms with E-state index in [9.17, 15) is 43.5 Å². The molecule has 3 aliphatic rings. The van der Waals surface area contributed by atoms with Crippen molar-refractivity contribution in [1.82, 2.24) is 35.7 Å². The SMILES string of the molecule is CC[C@@]1(O)C(=O)OCc2c1cc1n(c2=O)Cc2c-1nc1cc(F)c(C)c3c1c2[C@@H](NC(=O)OCc1ccc(NC(=O)CN(C)C(=O)CNC(=O)[C@@H](CCN=C(N)N)NC(=O)[C@H](NC(=O)CCOCCOCCOCCC(C)C)C(C)C)cc1)CC3. The highest BCUT2D eigenvalue weighted by molar-refractivity contribution is 5.97. The van der Waals surface area contributed by atoms with Crippen molar-refractivity contribution >= 4 is 64.1 Å². The Morgan fingerprint density at radius 2 is 1.61 bits per heavy atom. The number of aryl methyl sites for hydroxylation is 1. The Morgan fingerprint density at radius 3 is 2.28 bits per heavy atom. The number of aliphatic hydroxyl groups is 1. The average Bonchev–Trinajstić information content (AvgIpc) is 2.89. The molecule has 6 amide bonds. The number of halogens is 1. The number of amides is 6. The molecule has 460 valence electrons. The number of guanidine groups is 1. The summed E-state index contributed by atoms with van der Waals surface area (Å²) in [4.78, 5) is 116. The summed E-state index contributed by atoms with van der Waals surface area (Å²) >= 11 is 0. The van der Waals surface area contributed by atoms with Crippen LogP contribution in [0.25, 0.3) is 22.3 Å². The van der Waals surface area contributed by atoms with Crippen LogP contribution in [0.2, 0.25) is 0 Å². The van der Waals surface area contributed by atoms with E-state index < -0.39 is 89.8 Å². The van der Waals surface area contributed by atoms with Gasteiger partial charge >= 0.3 is 12.1 Å². The highest BCUT2D eigenvalue weighted by Gasteiger charge is 2.46. The number of fused-ring (bicyclic) bond motifs is 5. The number of hydrogen-bond acceptors (Lipinski definition) is 16. The number of ether oxygens (including phenoxy) is 5. The molecule has 4 heterocycles. The minimum Gasteiger partial charge on any atom is -0.458 e. The van der Waals surface area contributed by atoms with Gasteiger partial charge in [-0.25, -0.2) is 19.0 Å². The molecular weight excluding hydrogens is 1110 g/mol. The molecule has 0 fully saturated rings. The zero-order valence-corrected chi connectivity index (χ0v) is 49.2. The van der Waals surface area contributed by atoms with Crippen molar-refractivity contribution in [2.24, 2.45) is 28.3 Å². The fourth-order valence-corrected chi connectivity index (χ4v) is 10.3. The van der Waals surface area contributed by atoms with Gasteiger partial charge in [-0.05, 0) is 91.3 Å². The van der Waals surface area contributed by atoms with Crippen LogP contribution in [0.1, 0.15) is 112 Å². The minimum atomic E-state index is -2.05. The molecule has 1 aliphatic carbocycles. The zero-order chi connectivity index (χ0) is 61.7. The van der Waals surface area contributed by atoms with Gasteiger partial charge in [0.2, 0.25) is 29.5 Å². The molecule has 2 aliphatic heterocycles. The van der Waals surface area contributed by atoms with Gasteiger partial charge in [-0.15, -0.1) is 0 Å². The van der Waals surface area contributed by atoms with Gasteiger partial charge in [0.05, 0.1) is 81.2 Å². The van der Waals surface area contributed by atoms with Crippen molar-refractivity contribution in [1.29, 1.82) is 0 Å². The van der Waals surface area contributed by atoms with Gasteiger partial charge < -0.3 is 76.3 Å². The predicted octanol–water partition coefficient (Wildman–Crippen LogP) is 2.73. The zero-order valence-electron chi connectivity index (χ0n) is 49.2. The lowest BCUT2D eigenvalue weighted by molar-refractivity contribution is -0.172. The van der Waals surface area contributed by atoms with Gasteiger partial charge in [0.15, 0.2) is 11.6 Å². The maximum Gasteiger partial charge on any atom is 0.407 e. The summed E-state index contributed by atoms with van der Waals surface area (Å²) in [6.45, 7) is 11.9. The summed E-state index contributed by atoms with van der Waals surface area (Å²) in [6.07, 6.45) is 0.871. The molecule has 85 heavy (non-hydrogen) atoms. The molecule has 0 saturated carbocycles. The lowest BCUT2D eigenvalue weighted by Gasteiger charge is -2.31. The van der Waals surface area contributed by atoms with Crippen LogP contribution < -0.4 is 43.6 Å². The highest BCUT2D eigenvalue weighted by Crippen LogP contribution is 2.46. The standard InChI is InChI=1S/C59H78FN11O14/c1-8-59(80)40-25-45-52-38(28-71(45)55(77)39(40)31-84-56(59)78)50-42(14-13-37-34(6)41(60)26-44(66-52)49(37)50)68-58(79)85-30-35-9-11-36(12-10-35)65-47(73)29-70(7)48(74)27-64-53(75)43(15-18-63-57(61)62)67-54(76)51(33(4)5)69-46(72)17-20-82-22-24-83-23-21-81-19-16-32(2)3/h9-12,25-26,32-33,42-43,51,80H,8,13-24,27-31H2,1-7H3,(H,64,75)(H,65,73)(H,67,76)(H,68,79)(H,69,72)(H4,61,62,63)/t42-,43+,51+,59-/m0/s1. The lowest BCUT2D eigenvalue weighted by Crippen LogP contribution is -2.56. The average molecular weight is 1180 g/mol. The molecule has 7 rings (SSSR count). The molecule has 4 aromatic rings. The van der Waals surface area contributed by atoms with E-state index in [1.54, 1.807) is 58.0 Å². The second-order valence-electron chi connectivity index (χ2n) is 22.1. The van der Waals surface area contributed by atoms with Crippen LogP contribution in [-0.2, 0) is 84.2 Å². The van der Waals surface area contributed by atoms with Crippen molar-refractivity contribution in [3.8, 4) is 11.4 Å². The summed E-state index contributed by atoms with van der Waals surface area (Å²) in [6, 6.07) is 6.45. The van der Waals surface area contributed by atoms with E-state index in [1.807, 2.05) is 0 Å². The smallest absolute Gasteiger partial charge is 0.407 e. The van der Waals surface area contributed by atoms with Crippen LogP contribution in [0, 0.1) is 24.6 Å². The maximum atomic E-state index is 15.4. The first kappa shape index (κ1) is 64.5. The quantitative estimate of drug-likeness (QED) is 0.0148. The van der Waals surface area contributed by atoms with Crippen molar-refractivity contribution < 1.29 is 66.7 Å². The molecule has 0 saturated heterocycles. The van der Waals surface area contributed by atoms with Gasteiger partial charge in [-0.3, -0.25) is 33.8 Å². The third-order valence-electron chi connectivity index (χ3n) is 15.2. The first-order valence-electron chi connectivity index (χ1n) is 28.5. The largest absolute Gasteiger partial charge is 0.458 e. The Labute approximate surface area is 491 Å². The number of aliphatic imine (C=N–C) groups is 1. The van der Waals surface area contributed by atoms with E-state index in [1.165, 1.54) is 17.7 Å². The van der Waals surface area contributed by atoms with Gasteiger partial charge in [0.1, 0.15) is 31.1 Å². The number of nitrogens with two attached hydrogens (primary N) is 2. The van der Waals surface area contributed by atoms with Gasteiger partial charge in [-0.1, -0.05) is 46.8 Å². The summed E-state index contributed by atoms with van der Waals surface area (Å²) < 4.78 is 44.3. The number of likely N-dealkylation sites (N-methyl/N-ethyl adjacent to an activating group) is 1. The van der Waals surface area contributed by atoms with E-state index in [2.05, 4.69) is 45.4 Å². The minimum absolute atomic E-state index is 0.0320. The van der Waals surface area contributed by atoms with Crippen molar-refractivity contribution in [3.05, 3.63) is 91.5 Å². The monoisotopic (exact) mass is 1180 g/mol. The molecule has 4 atom stereocenters. The van der Waals surface area contributed by atoms with Crippen LogP contribution in [0.3, 0.4) is 0 Å². The Balaban J connectivity index is 0.879. The molecule has 0 spiro atoms. The van der Waals surface area contributed by atoms with E-state index in [0.29, 0.717) is 95.4 Å². The number of carbonyl (C=O) groups excluding carboxylic acids is 7. The highest BCUT2D eigenvalue weighted by atomic mass is 19.1. The third-order valence-corrected chi connectivity index (χ3v) is 15.2. The number of anilines is 1. The number of nitrogens with one attached hydrogen (secondary N) is 5. The second-order valence-corrected chi connectivity index (χ2v) is 22.1. The fraction of sp³-hybridized carbons (Fsp3) is 0.525. The topological polar surface area (TPSA) is 349 Å². The van der Waals surface area contributed by atoms with Crippen LogP contribution in [0.5, 0.6) is 0 Å². The van der Waals surface area contributed by atoms with Gasteiger partial charge in [-0.2, -0.15) is 0 Å². The van der Waals surface area contributed by atoms with E-state index in [-0.39, 0.29) is 81.8 Å². The molecule has 0 unspecified atom stereocenters. The van der Waals surface area contributed by atoms with Crippen molar-refractivity contribution in [2.45, 2.75) is 124 Å². The Kier molecular flexibility index (Phi) is 22.1. The van der Waals surface area contributed by atoms with E-state index in [0.717, 1.165) is 16.9 Å². The lowest BCUT2D eigenvalue weighted by atomic mass is 9.81. The third kappa shape index (κ3) is 16.0. The van der Waals surface area contributed by atoms with Crippen LogP contribution in [-0.4, -0.2) is 146 Å². The molecule has 10 N–H and O–H groups in total. The van der Waals surface area contributed by atoms with E-state index >= 15 is 4.39 Å². The summed E-state index contributed by atoms with van der Waals surface area (Å²) in [5.74, 6) is -4.41. The van der Waals surface area contributed by atoms with Crippen molar-refractivity contribution in [3.63, 3.8) is 0 Å². The molecule has 26 heteroatoms. The number of pyridine rings is 2. The van der Waals surface area contributed by atoms with Crippen LogP contribution in [0.4, 0.5) is 14.9 Å². The van der Waals surface area contributed by atoms with E-state index in [4.69, 9.17) is 40.1 Å². The molecule has 0 radical (unpaired) electrons. The molecule has 0 bridgehead atoms. The number of esters is 1. The maximum absolute atomic E-state index is 15.4. The molecular formula is C59H78FN11O14. The number of cyclic esters (lactones) is 1. The first-order valence-corrected chi connectivity index (χ1v) is 28.5.